The van der Waals surface area contributed by atoms with Crippen molar-refractivity contribution >= 4 is 11.2 Å². The minimum atomic E-state index is 0.123. The number of aromatic amines is 1. The van der Waals surface area contributed by atoms with Gasteiger partial charge in [0.2, 0.25) is 0 Å². The molecule has 0 aromatic carbocycles. The maximum absolute atomic E-state index is 6.04. The van der Waals surface area contributed by atoms with E-state index in [1.165, 1.54) is 18.5 Å². The van der Waals surface area contributed by atoms with Gasteiger partial charge in [0.05, 0.1) is 0 Å². The third-order valence-electron chi connectivity index (χ3n) is 3.10. The first-order valence-corrected chi connectivity index (χ1v) is 5.33. The number of H-pyrrole nitrogens is 1. The Morgan fingerprint density at radius 2 is 2.13 bits per heavy atom. The van der Waals surface area contributed by atoms with Crippen LogP contribution >= 0.6 is 0 Å². The van der Waals surface area contributed by atoms with Crippen LogP contribution in [0.1, 0.15) is 25.0 Å². The van der Waals surface area contributed by atoms with Gasteiger partial charge in [-0.3, -0.25) is 4.98 Å². The number of fused-ring (bicyclic) bond motifs is 1. The maximum atomic E-state index is 6.04. The van der Waals surface area contributed by atoms with Gasteiger partial charge in [-0.1, -0.05) is 0 Å². The zero-order chi connectivity index (χ0) is 10.3. The molecule has 4 heteroatoms. The van der Waals surface area contributed by atoms with E-state index in [1.807, 2.05) is 0 Å². The Kier molecular flexibility index (Phi) is 1.79. The molecule has 78 valence electrons. The number of aromatic nitrogens is 3. The Hall–Kier alpha value is -1.42. The topological polar surface area (TPSA) is 67.6 Å². The molecule has 3 rings (SSSR count). The quantitative estimate of drug-likeness (QED) is 0.790. The van der Waals surface area contributed by atoms with E-state index in [2.05, 4.69) is 21.0 Å². The average molecular weight is 202 g/mol. The van der Waals surface area contributed by atoms with Gasteiger partial charge in [-0.25, -0.2) is 4.98 Å². The van der Waals surface area contributed by atoms with Crippen molar-refractivity contribution in [1.82, 2.24) is 15.0 Å². The molecule has 0 amide bonds. The fourth-order valence-electron chi connectivity index (χ4n) is 1.83. The number of nitrogens with one attached hydrogen (secondary N) is 1. The zero-order valence-electron chi connectivity index (χ0n) is 8.53. The molecule has 0 spiro atoms. The highest BCUT2D eigenvalue weighted by atomic mass is 14.9. The summed E-state index contributed by atoms with van der Waals surface area (Å²) in [4.78, 5) is 11.7. The standard InChI is InChI=1S/C11H14N4/c12-11(3-4-11)2-1-8-7-9-10(15-8)14-6-5-13-9/h5-7H,1-4,12H2,(H,14,15). The smallest absolute Gasteiger partial charge is 0.156 e. The minimum Gasteiger partial charge on any atom is -0.342 e. The molecule has 0 bridgehead atoms. The molecule has 1 aliphatic rings. The summed E-state index contributed by atoms with van der Waals surface area (Å²) >= 11 is 0. The molecule has 2 aromatic heterocycles. The number of hydrogen-bond donors (Lipinski definition) is 2. The molecule has 3 N–H and O–H groups in total. The van der Waals surface area contributed by atoms with Gasteiger partial charge in [0.1, 0.15) is 5.52 Å². The van der Waals surface area contributed by atoms with Crippen LogP contribution in [0.5, 0.6) is 0 Å². The second kappa shape index (κ2) is 3.03. The van der Waals surface area contributed by atoms with Crippen LogP contribution in [0.2, 0.25) is 0 Å². The van der Waals surface area contributed by atoms with E-state index < -0.39 is 0 Å². The highest BCUT2D eigenvalue weighted by Crippen LogP contribution is 2.36. The van der Waals surface area contributed by atoms with Gasteiger partial charge < -0.3 is 10.7 Å². The third kappa shape index (κ3) is 1.72. The molecule has 0 atom stereocenters. The summed E-state index contributed by atoms with van der Waals surface area (Å²) in [5.41, 5.74) is 9.16. The van der Waals surface area contributed by atoms with Crippen LogP contribution in [0.4, 0.5) is 0 Å². The SMILES string of the molecule is NC1(CCc2cc3nccnc3[nH]2)CC1. The molecule has 0 aliphatic heterocycles. The van der Waals surface area contributed by atoms with Crippen LogP contribution < -0.4 is 5.73 Å². The number of nitrogens with two attached hydrogens (primary N) is 1. The summed E-state index contributed by atoms with van der Waals surface area (Å²) in [5.74, 6) is 0. The van der Waals surface area contributed by atoms with Gasteiger partial charge in [0.25, 0.3) is 0 Å². The molecule has 1 aliphatic carbocycles. The Labute approximate surface area is 87.9 Å². The molecule has 1 saturated carbocycles. The summed E-state index contributed by atoms with van der Waals surface area (Å²) < 4.78 is 0. The average Bonchev–Trinajstić information content (AvgIpc) is 2.83. The highest BCUT2D eigenvalue weighted by molar-refractivity contribution is 5.71. The normalized spacial score (nSPS) is 18.2. The lowest BCUT2D eigenvalue weighted by Gasteiger charge is -2.05. The largest absolute Gasteiger partial charge is 0.342 e. The Morgan fingerprint density at radius 1 is 1.33 bits per heavy atom. The van der Waals surface area contributed by atoms with Crippen molar-refractivity contribution in [3.05, 3.63) is 24.2 Å². The first kappa shape index (κ1) is 8.85. The lowest BCUT2D eigenvalue weighted by molar-refractivity contribution is 0.605. The van der Waals surface area contributed by atoms with Crippen molar-refractivity contribution in [1.29, 1.82) is 0 Å². The molecule has 1 fully saturated rings. The van der Waals surface area contributed by atoms with Gasteiger partial charge in [0.15, 0.2) is 5.65 Å². The van der Waals surface area contributed by atoms with E-state index in [4.69, 9.17) is 5.73 Å². The van der Waals surface area contributed by atoms with Gasteiger partial charge in [0, 0.05) is 23.6 Å². The predicted molar refractivity (Wildman–Crippen MR) is 58.4 cm³/mol. The molecule has 0 saturated heterocycles. The molecule has 0 unspecified atom stereocenters. The summed E-state index contributed by atoms with van der Waals surface area (Å²) in [6, 6.07) is 2.06. The van der Waals surface area contributed by atoms with Crippen LogP contribution in [-0.2, 0) is 6.42 Å². The number of nitrogens with zero attached hydrogens (tertiary/aromatic N) is 2. The van der Waals surface area contributed by atoms with E-state index in [0.717, 1.165) is 24.0 Å². The monoisotopic (exact) mass is 202 g/mol. The fraction of sp³-hybridized carbons (Fsp3) is 0.455. The van der Waals surface area contributed by atoms with Crippen LogP contribution in [0.25, 0.3) is 11.2 Å². The van der Waals surface area contributed by atoms with Crippen LogP contribution in [0.3, 0.4) is 0 Å². The number of hydrogen-bond acceptors (Lipinski definition) is 3. The molecule has 4 nitrogen and oxygen atoms in total. The molecule has 15 heavy (non-hydrogen) atoms. The van der Waals surface area contributed by atoms with Gasteiger partial charge in [-0.15, -0.1) is 0 Å². The van der Waals surface area contributed by atoms with Crippen LogP contribution in [0.15, 0.2) is 18.5 Å². The van der Waals surface area contributed by atoms with E-state index in [-0.39, 0.29) is 5.54 Å². The maximum Gasteiger partial charge on any atom is 0.156 e. The minimum absolute atomic E-state index is 0.123. The zero-order valence-corrected chi connectivity index (χ0v) is 8.53. The molecule has 2 heterocycles. The van der Waals surface area contributed by atoms with Crippen molar-refractivity contribution in [3.63, 3.8) is 0 Å². The first-order valence-electron chi connectivity index (χ1n) is 5.33. The van der Waals surface area contributed by atoms with Gasteiger partial charge in [-0.2, -0.15) is 0 Å². The fourth-order valence-corrected chi connectivity index (χ4v) is 1.83. The lowest BCUT2D eigenvalue weighted by Crippen LogP contribution is -2.22. The van der Waals surface area contributed by atoms with E-state index in [9.17, 15) is 0 Å². The van der Waals surface area contributed by atoms with Crippen molar-refractivity contribution in [2.45, 2.75) is 31.2 Å². The van der Waals surface area contributed by atoms with Gasteiger partial charge in [-0.05, 0) is 31.7 Å². The summed E-state index contributed by atoms with van der Waals surface area (Å²) in [5, 5.41) is 0. The second-order valence-electron chi connectivity index (χ2n) is 4.45. The second-order valence-corrected chi connectivity index (χ2v) is 4.45. The number of rotatable bonds is 3. The van der Waals surface area contributed by atoms with Gasteiger partial charge >= 0.3 is 0 Å². The van der Waals surface area contributed by atoms with Crippen LogP contribution in [-0.4, -0.2) is 20.5 Å². The molecule has 0 radical (unpaired) electrons. The Balaban J connectivity index is 1.79. The summed E-state index contributed by atoms with van der Waals surface area (Å²) in [7, 11) is 0. The summed E-state index contributed by atoms with van der Waals surface area (Å²) in [6.45, 7) is 0. The van der Waals surface area contributed by atoms with Crippen molar-refractivity contribution < 1.29 is 0 Å². The predicted octanol–water partition coefficient (Wildman–Crippen LogP) is 1.38. The lowest BCUT2D eigenvalue weighted by atomic mass is 10.1. The van der Waals surface area contributed by atoms with Crippen LogP contribution in [0, 0.1) is 0 Å². The van der Waals surface area contributed by atoms with Crippen molar-refractivity contribution in [3.8, 4) is 0 Å². The Morgan fingerprint density at radius 3 is 2.87 bits per heavy atom. The third-order valence-corrected chi connectivity index (χ3v) is 3.10. The Bertz CT molecular complexity index is 451. The van der Waals surface area contributed by atoms with Crippen molar-refractivity contribution in [2.24, 2.45) is 5.73 Å². The highest BCUT2D eigenvalue weighted by Gasteiger charge is 2.37. The first-order chi connectivity index (χ1) is 7.25. The molecular weight excluding hydrogens is 188 g/mol. The van der Waals surface area contributed by atoms with E-state index in [0.29, 0.717) is 0 Å². The molecule has 2 aromatic rings. The molecular formula is C11H14N4. The number of aryl methyl sites for hydroxylation is 1. The van der Waals surface area contributed by atoms with E-state index >= 15 is 0 Å². The summed E-state index contributed by atoms with van der Waals surface area (Å²) in [6.07, 6.45) is 7.81. The van der Waals surface area contributed by atoms with Crippen molar-refractivity contribution in [2.75, 3.05) is 0 Å². The van der Waals surface area contributed by atoms with E-state index in [1.54, 1.807) is 12.4 Å².